The quantitative estimate of drug-likeness (QED) is 0.650. The zero-order valence-electron chi connectivity index (χ0n) is 9.54. The van der Waals surface area contributed by atoms with Crippen LogP contribution in [-0.2, 0) is 0 Å². The van der Waals surface area contributed by atoms with E-state index in [2.05, 4.69) is 39.8 Å². The Balaban J connectivity index is 2.89. The first-order chi connectivity index (χ1) is 6.49. The second kappa shape index (κ2) is 4.00. The second-order valence-corrected chi connectivity index (χ2v) is 4.92. The van der Waals surface area contributed by atoms with Gasteiger partial charge in [-0.05, 0) is 29.7 Å². The van der Waals surface area contributed by atoms with E-state index in [0.29, 0.717) is 11.8 Å². The van der Waals surface area contributed by atoms with Crippen LogP contribution in [-0.4, -0.2) is 0 Å². The number of nitrogens with zero attached hydrogens (tertiary/aromatic N) is 1. The van der Waals surface area contributed by atoms with Gasteiger partial charge in [0.25, 0.3) is 0 Å². The van der Waals surface area contributed by atoms with Gasteiger partial charge in [-0.15, -0.1) is 0 Å². The van der Waals surface area contributed by atoms with Crippen LogP contribution in [0, 0.1) is 28.6 Å². The Morgan fingerprint density at radius 2 is 2.21 bits per heavy atom. The summed E-state index contributed by atoms with van der Waals surface area (Å²) in [6.07, 6.45) is 7.36. The van der Waals surface area contributed by atoms with Crippen LogP contribution in [0.1, 0.15) is 34.1 Å². The Hall–Kier alpha value is -1.03. The van der Waals surface area contributed by atoms with Crippen molar-refractivity contribution in [3.05, 3.63) is 23.8 Å². The van der Waals surface area contributed by atoms with Crippen LogP contribution < -0.4 is 0 Å². The molecule has 0 amide bonds. The van der Waals surface area contributed by atoms with Crippen molar-refractivity contribution in [3.63, 3.8) is 0 Å². The van der Waals surface area contributed by atoms with Crippen molar-refractivity contribution in [3.8, 4) is 6.07 Å². The maximum atomic E-state index is 8.98. The fourth-order valence-electron chi connectivity index (χ4n) is 2.27. The van der Waals surface area contributed by atoms with Crippen LogP contribution in [0.15, 0.2) is 23.8 Å². The molecule has 0 aliphatic heterocycles. The van der Waals surface area contributed by atoms with Crippen molar-refractivity contribution < 1.29 is 0 Å². The van der Waals surface area contributed by atoms with Crippen LogP contribution in [0.25, 0.3) is 0 Å². The van der Waals surface area contributed by atoms with Crippen molar-refractivity contribution in [2.24, 2.45) is 17.3 Å². The molecule has 2 atom stereocenters. The maximum Gasteiger partial charge on any atom is 0.0950 e. The van der Waals surface area contributed by atoms with Gasteiger partial charge in [0.2, 0.25) is 0 Å². The number of nitriles is 1. The molecule has 0 radical (unpaired) electrons. The summed E-state index contributed by atoms with van der Waals surface area (Å²) in [6, 6.07) is 2.29. The Labute approximate surface area is 87.1 Å². The highest BCUT2D eigenvalue weighted by Crippen LogP contribution is 2.41. The van der Waals surface area contributed by atoms with Gasteiger partial charge in [0.1, 0.15) is 0 Å². The van der Waals surface area contributed by atoms with E-state index < -0.39 is 0 Å². The largest absolute Gasteiger partial charge is 0.193 e. The molecule has 1 aliphatic carbocycles. The zero-order chi connectivity index (χ0) is 10.8. The minimum absolute atomic E-state index is 0.161. The first kappa shape index (κ1) is 11.0. The van der Waals surface area contributed by atoms with Crippen molar-refractivity contribution in [1.29, 1.82) is 5.26 Å². The lowest BCUT2D eigenvalue weighted by molar-refractivity contribution is 0.254. The molecule has 0 saturated heterocycles. The van der Waals surface area contributed by atoms with Gasteiger partial charge in [-0.3, -0.25) is 0 Å². The molecule has 0 aromatic rings. The van der Waals surface area contributed by atoms with Gasteiger partial charge in [0, 0.05) is 5.57 Å². The normalized spacial score (nSPS) is 31.4. The SMILES string of the molecule is CC(C)CC1(C)C=CC=C(C#N)C1C. The molecule has 0 fully saturated rings. The fraction of sp³-hybridized carbons (Fsp3) is 0.615. The summed E-state index contributed by atoms with van der Waals surface area (Å²) in [7, 11) is 0. The van der Waals surface area contributed by atoms with E-state index in [1.807, 2.05) is 12.2 Å². The minimum atomic E-state index is 0.161. The van der Waals surface area contributed by atoms with Crippen molar-refractivity contribution in [2.45, 2.75) is 34.1 Å². The molecule has 0 N–H and O–H groups in total. The maximum absolute atomic E-state index is 8.98. The van der Waals surface area contributed by atoms with E-state index in [4.69, 9.17) is 5.26 Å². The number of hydrogen-bond acceptors (Lipinski definition) is 1. The van der Waals surface area contributed by atoms with Crippen LogP contribution in [0.2, 0.25) is 0 Å². The van der Waals surface area contributed by atoms with E-state index in [9.17, 15) is 0 Å². The fourth-order valence-corrected chi connectivity index (χ4v) is 2.27. The molecule has 0 bridgehead atoms. The molecule has 0 spiro atoms. The van der Waals surface area contributed by atoms with Crippen LogP contribution >= 0.6 is 0 Å². The van der Waals surface area contributed by atoms with Gasteiger partial charge in [-0.25, -0.2) is 0 Å². The number of hydrogen-bond donors (Lipinski definition) is 0. The third-order valence-electron chi connectivity index (χ3n) is 3.19. The molecule has 1 nitrogen and oxygen atoms in total. The molecular weight excluding hydrogens is 170 g/mol. The molecule has 14 heavy (non-hydrogen) atoms. The lowest BCUT2D eigenvalue weighted by Crippen LogP contribution is -2.27. The topological polar surface area (TPSA) is 23.8 Å². The smallest absolute Gasteiger partial charge is 0.0950 e. The van der Waals surface area contributed by atoms with Gasteiger partial charge in [-0.1, -0.05) is 39.8 Å². The first-order valence-corrected chi connectivity index (χ1v) is 5.29. The molecule has 1 aliphatic rings. The van der Waals surface area contributed by atoms with E-state index in [1.165, 1.54) is 0 Å². The first-order valence-electron chi connectivity index (χ1n) is 5.29. The van der Waals surface area contributed by atoms with Gasteiger partial charge in [0.05, 0.1) is 6.07 Å². The molecule has 0 heterocycles. The summed E-state index contributed by atoms with van der Waals surface area (Å²) < 4.78 is 0. The lowest BCUT2D eigenvalue weighted by atomic mass is 9.68. The molecule has 1 heteroatoms. The summed E-state index contributed by atoms with van der Waals surface area (Å²) in [5.41, 5.74) is 1.07. The average molecular weight is 189 g/mol. The molecule has 1 rings (SSSR count). The summed E-state index contributed by atoms with van der Waals surface area (Å²) in [5, 5.41) is 8.98. The van der Waals surface area contributed by atoms with Gasteiger partial charge >= 0.3 is 0 Å². The Kier molecular flexibility index (Phi) is 3.16. The highest BCUT2D eigenvalue weighted by atomic mass is 14.4. The summed E-state index contributed by atoms with van der Waals surface area (Å²) >= 11 is 0. The molecule has 0 saturated carbocycles. The van der Waals surface area contributed by atoms with Crippen molar-refractivity contribution in [1.82, 2.24) is 0 Å². The monoisotopic (exact) mass is 189 g/mol. The van der Waals surface area contributed by atoms with Crippen molar-refractivity contribution >= 4 is 0 Å². The van der Waals surface area contributed by atoms with E-state index in [1.54, 1.807) is 0 Å². The third kappa shape index (κ3) is 2.07. The molecule has 0 aromatic carbocycles. The van der Waals surface area contributed by atoms with Crippen LogP contribution in [0.3, 0.4) is 0 Å². The third-order valence-corrected chi connectivity index (χ3v) is 3.19. The molecule has 2 unspecified atom stereocenters. The second-order valence-electron chi connectivity index (χ2n) is 4.92. The van der Waals surface area contributed by atoms with E-state index >= 15 is 0 Å². The van der Waals surface area contributed by atoms with E-state index in [0.717, 1.165) is 12.0 Å². The minimum Gasteiger partial charge on any atom is -0.193 e. The standard InChI is InChI=1S/C13H19N/c1-10(2)8-13(4)7-5-6-12(9-14)11(13)3/h5-7,10-11H,8H2,1-4H3. The average Bonchev–Trinajstić information content (AvgIpc) is 2.09. The number of rotatable bonds is 2. The van der Waals surface area contributed by atoms with Crippen LogP contribution in [0.5, 0.6) is 0 Å². The molecule has 0 aromatic heterocycles. The van der Waals surface area contributed by atoms with Crippen molar-refractivity contribution in [2.75, 3.05) is 0 Å². The predicted molar refractivity (Wildman–Crippen MR) is 59.6 cm³/mol. The van der Waals surface area contributed by atoms with Gasteiger partial charge in [0.15, 0.2) is 0 Å². The van der Waals surface area contributed by atoms with Gasteiger partial charge in [-0.2, -0.15) is 5.26 Å². The van der Waals surface area contributed by atoms with Gasteiger partial charge < -0.3 is 0 Å². The molecular formula is C13H19N. The Bertz CT molecular complexity index is 304. The Morgan fingerprint density at radius 3 is 2.71 bits per heavy atom. The Morgan fingerprint density at radius 1 is 1.57 bits per heavy atom. The lowest BCUT2D eigenvalue weighted by Gasteiger charge is -2.36. The highest BCUT2D eigenvalue weighted by molar-refractivity contribution is 5.35. The number of allylic oxidation sites excluding steroid dienone is 4. The van der Waals surface area contributed by atoms with Crippen LogP contribution in [0.4, 0.5) is 0 Å². The highest BCUT2D eigenvalue weighted by Gasteiger charge is 2.33. The van der Waals surface area contributed by atoms with E-state index in [-0.39, 0.29) is 5.41 Å². The zero-order valence-corrected chi connectivity index (χ0v) is 9.54. The summed E-state index contributed by atoms with van der Waals surface area (Å²) in [5.74, 6) is 1.02. The summed E-state index contributed by atoms with van der Waals surface area (Å²) in [6.45, 7) is 8.87. The summed E-state index contributed by atoms with van der Waals surface area (Å²) in [4.78, 5) is 0. The molecule has 76 valence electrons. The predicted octanol–water partition coefficient (Wildman–Crippen LogP) is 3.69.